The molecule has 2 heterocycles. The third-order valence-corrected chi connectivity index (χ3v) is 4.87. The zero-order valence-corrected chi connectivity index (χ0v) is 12.9. The van der Waals surface area contributed by atoms with E-state index < -0.39 is 0 Å². The number of anilines is 1. The summed E-state index contributed by atoms with van der Waals surface area (Å²) in [5, 5.41) is 1.41. The highest BCUT2D eigenvalue weighted by atomic mass is 15.2. The van der Waals surface area contributed by atoms with Crippen molar-refractivity contribution >= 4 is 16.6 Å². The molecule has 0 bridgehead atoms. The van der Waals surface area contributed by atoms with Crippen molar-refractivity contribution in [3.05, 3.63) is 65.4 Å². The van der Waals surface area contributed by atoms with Crippen molar-refractivity contribution in [2.24, 2.45) is 12.8 Å². The van der Waals surface area contributed by atoms with E-state index in [0.717, 1.165) is 19.5 Å². The Bertz CT molecular complexity index is 832. The van der Waals surface area contributed by atoms with Gasteiger partial charge in [-0.3, -0.25) is 0 Å². The van der Waals surface area contributed by atoms with Crippen molar-refractivity contribution in [3.8, 4) is 0 Å². The Kier molecular flexibility index (Phi) is 3.16. The fraction of sp³-hybridized carbons (Fsp3) is 0.263. The zero-order valence-electron chi connectivity index (χ0n) is 12.9. The lowest BCUT2D eigenvalue weighted by molar-refractivity contribution is 0.686. The van der Waals surface area contributed by atoms with Gasteiger partial charge >= 0.3 is 0 Å². The molecule has 3 heteroatoms. The van der Waals surface area contributed by atoms with Gasteiger partial charge < -0.3 is 15.2 Å². The van der Waals surface area contributed by atoms with Crippen molar-refractivity contribution < 1.29 is 0 Å². The first-order chi connectivity index (χ1) is 10.8. The Hall–Kier alpha value is -2.26. The molecule has 2 N–H and O–H groups in total. The summed E-state index contributed by atoms with van der Waals surface area (Å²) in [6, 6.07) is 17.2. The van der Waals surface area contributed by atoms with Crippen molar-refractivity contribution in [2.75, 3.05) is 11.4 Å². The molecule has 112 valence electrons. The molecular formula is C19H21N3. The standard InChI is InChI=1S/C19H21N3/c1-21-18-9-5-3-7-15(18)16-10-11-22(13-19(16)21)17-8-4-2-6-14(17)12-20/h2-9H,10-13,20H2,1H3. The molecule has 2 aromatic carbocycles. The van der Waals surface area contributed by atoms with Crippen LogP contribution in [0, 0.1) is 0 Å². The average Bonchev–Trinajstić information content (AvgIpc) is 2.88. The number of aryl methyl sites for hydroxylation is 1. The van der Waals surface area contributed by atoms with Gasteiger partial charge in [-0.05, 0) is 29.7 Å². The highest BCUT2D eigenvalue weighted by Gasteiger charge is 2.23. The molecular weight excluding hydrogens is 270 g/mol. The summed E-state index contributed by atoms with van der Waals surface area (Å²) in [6.07, 6.45) is 1.09. The molecule has 0 aliphatic carbocycles. The SMILES string of the molecule is Cn1c2c(c3ccccc31)CCN(c1ccccc1CN)C2. The van der Waals surface area contributed by atoms with Crippen LogP contribution in [0.15, 0.2) is 48.5 Å². The highest BCUT2D eigenvalue weighted by molar-refractivity contribution is 5.86. The molecule has 0 saturated carbocycles. The molecule has 1 aliphatic heterocycles. The first-order valence-electron chi connectivity index (χ1n) is 7.87. The number of hydrogen-bond donors (Lipinski definition) is 1. The van der Waals surface area contributed by atoms with E-state index in [4.69, 9.17) is 5.73 Å². The molecule has 3 aromatic rings. The zero-order chi connectivity index (χ0) is 15.1. The van der Waals surface area contributed by atoms with Gasteiger partial charge in [0, 0.05) is 42.4 Å². The van der Waals surface area contributed by atoms with Crippen LogP contribution in [-0.4, -0.2) is 11.1 Å². The number of aromatic nitrogens is 1. The number of nitrogens with zero attached hydrogens (tertiary/aromatic N) is 2. The van der Waals surface area contributed by atoms with Crippen LogP contribution >= 0.6 is 0 Å². The number of benzene rings is 2. The normalized spacial score (nSPS) is 14.4. The van der Waals surface area contributed by atoms with Crippen LogP contribution in [0.5, 0.6) is 0 Å². The average molecular weight is 291 g/mol. The first-order valence-corrected chi connectivity index (χ1v) is 7.87. The second-order valence-electron chi connectivity index (χ2n) is 6.01. The maximum Gasteiger partial charge on any atom is 0.0585 e. The Morgan fingerprint density at radius 2 is 1.82 bits per heavy atom. The van der Waals surface area contributed by atoms with E-state index in [1.807, 2.05) is 0 Å². The Morgan fingerprint density at radius 3 is 2.68 bits per heavy atom. The van der Waals surface area contributed by atoms with E-state index in [-0.39, 0.29) is 0 Å². The maximum absolute atomic E-state index is 5.91. The molecule has 4 rings (SSSR count). The van der Waals surface area contributed by atoms with Crippen LogP contribution in [0.2, 0.25) is 0 Å². The minimum atomic E-state index is 0.592. The molecule has 0 unspecified atom stereocenters. The fourth-order valence-electron chi connectivity index (χ4n) is 3.71. The Balaban J connectivity index is 1.78. The lowest BCUT2D eigenvalue weighted by Crippen LogP contribution is -2.32. The van der Waals surface area contributed by atoms with Crippen LogP contribution in [0.3, 0.4) is 0 Å². The molecule has 0 spiro atoms. The quantitative estimate of drug-likeness (QED) is 0.787. The third kappa shape index (κ3) is 1.93. The van der Waals surface area contributed by atoms with Gasteiger partial charge in [-0.1, -0.05) is 36.4 Å². The minimum absolute atomic E-state index is 0.592. The fourth-order valence-corrected chi connectivity index (χ4v) is 3.71. The lowest BCUT2D eigenvalue weighted by atomic mass is 10.0. The molecule has 0 amide bonds. The van der Waals surface area contributed by atoms with Crippen LogP contribution in [0.25, 0.3) is 10.9 Å². The van der Waals surface area contributed by atoms with Gasteiger partial charge in [0.1, 0.15) is 0 Å². The van der Waals surface area contributed by atoms with E-state index in [0.29, 0.717) is 6.54 Å². The molecule has 22 heavy (non-hydrogen) atoms. The summed E-state index contributed by atoms with van der Waals surface area (Å²) in [4.78, 5) is 2.46. The predicted molar refractivity (Wildman–Crippen MR) is 92.0 cm³/mol. The first kappa shape index (κ1) is 13.4. The maximum atomic E-state index is 5.91. The summed E-state index contributed by atoms with van der Waals surface area (Å²) in [6.45, 7) is 2.60. The largest absolute Gasteiger partial charge is 0.365 e. The molecule has 1 aromatic heterocycles. The highest BCUT2D eigenvalue weighted by Crippen LogP contribution is 2.32. The van der Waals surface area contributed by atoms with E-state index >= 15 is 0 Å². The van der Waals surface area contributed by atoms with Crippen LogP contribution in [0.1, 0.15) is 16.8 Å². The summed E-state index contributed by atoms with van der Waals surface area (Å²) in [5.41, 5.74) is 12.7. The summed E-state index contributed by atoms with van der Waals surface area (Å²) in [5.74, 6) is 0. The third-order valence-electron chi connectivity index (χ3n) is 4.87. The number of rotatable bonds is 2. The van der Waals surface area contributed by atoms with E-state index in [1.165, 1.54) is 33.4 Å². The van der Waals surface area contributed by atoms with E-state index in [1.54, 1.807) is 0 Å². The molecule has 0 saturated heterocycles. The van der Waals surface area contributed by atoms with Crippen LogP contribution in [-0.2, 0) is 26.6 Å². The van der Waals surface area contributed by atoms with Crippen molar-refractivity contribution in [2.45, 2.75) is 19.5 Å². The minimum Gasteiger partial charge on any atom is -0.365 e. The number of para-hydroxylation sites is 2. The molecule has 0 atom stereocenters. The Morgan fingerprint density at radius 1 is 1.05 bits per heavy atom. The smallest absolute Gasteiger partial charge is 0.0585 e. The number of nitrogens with two attached hydrogens (primary N) is 1. The van der Waals surface area contributed by atoms with E-state index in [9.17, 15) is 0 Å². The molecule has 1 aliphatic rings. The molecule has 0 radical (unpaired) electrons. The second-order valence-corrected chi connectivity index (χ2v) is 6.01. The van der Waals surface area contributed by atoms with Gasteiger partial charge in [0.2, 0.25) is 0 Å². The van der Waals surface area contributed by atoms with Gasteiger partial charge in [0.05, 0.1) is 6.54 Å². The van der Waals surface area contributed by atoms with Crippen LogP contribution in [0.4, 0.5) is 5.69 Å². The monoisotopic (exact) mass is 291 g/mol. The summed E-state index contributed by atoms with van der Waals surface area (Å²) >= 11 is 0. The molecule has 3 nitrogen and oxygen atoms in total. The van der Waals surface area contributed by atoms with Crippen molar-refractivity contribution in [3.63, 3.8) is 0 Å². The van der Waals surface area contributed by atoms with Gasteiger partial charge in [-0.2, -0.15) is 0 Å². The predicted octanol–water partition coefficient (Wildman–Crippen LogP) is 3.20. The summed E-state index contributed by atoms with van der Waals surface area (Å²) < 4.78 is 2.35. The van der Waals surface area contributed by atoms with Gasteiger partial charge in [-0.15, -0.1) is 0 Å². The number of fused-ring (bicyclic) bond motifs is 3. The molecule has 0 fully saturated rings. The topological polar surface area (TPSA) is 34.2 Å². The van der Waals surface area contributed by atoms with Gasteiger partial charge in [-0.25, -0.2) is 0 Å². The van der Waals surface area contributed by atoms with Crippen LogP contribution < -0.4 is 10.6 Å². The van der Waals surface area contributed by atoms with Gasteiger partial charge in [0.15, 0.2) is 0 Å². The summed E-state index contributed by atoms with van der Waals surface area (Å²) in [7, 11) is 2.18. The van der Waals surface area contributed by atoms with Gasteiger partial charge in [0.25, 0.3) is 0 Å². The Labute approximate surface area is 131 Å². The van der Waals surface area contributed by atoms with Crippen molar-refractivity contribution in [1.29, 1.82) is 0 Å². The van der Waals surface area contributed by atoms with E-state index in [2.05, 4.69) is 65.0 Å². The van der Waals surface area contributed by atoms with Crippen molar-refractivity contribution in [1.82, 2.24) is 4.57 Å². The lowest BCUT2D eigenvalue weighted by Gasteiger charge is -2.31. The second kappa shape index (κ2) is 5.18. The number of hydrogen-bond acceptors (Lipinski definition) is 2.